The summed E-state index contributed by atoms with van der Waals surface area (Å²) in [7, 11) is 0. The molecule has 0 aromatic rings. The highest BCUT2D eigenvalue weighted by Crippen LogP contribution is 2.43. The molecule has 60 valence electrons. The van der Waals surface area contributed by atoms with Crippen molar-refractivity contribution < 1.29 is 0 Å². The Morgan fingerprint density at radius 2 is 2.10 bits per heavy atom. The first-order chi connectivity index (χ1) is 4.88. The van der Waals surface area contributed by atoms with Crippen molar-refractivity contribution in [2.75, 3.05) is 4.43 Å². The molecular weight excluding hydrogens is 235 g/mol. The Labute approximate surface area is 77.9 Å². The first-order valence-corrected chi connectivity index (χ1v) is 5.97. The molecule has 1 rings (SSSR count). The van der Waals surface area contributed by atoms with E-state index in [1.165, 1.54) is 36.5 Å². The molecule has 10 heavy (non-hydrogen) atoms. The Morgan fingerprint density at radius 1 is 1.30 bits per heavy atom. The van der Waals surface area contributed by atoms with Crippen LogP contribution in [0.5, 0.6) is 0 Å². The van der Waals surface area contributed by atoms with E-state index in [0.29, 0.717) is 0 Å². The molecule has 1 saturated carbocycles. The quantitative estimate of drug-likeness (QED) is 0.398. The van der Waals surface area contributed by atoms with E-state index in [9.17, 15) is 0 Å². The summed E-state index contributed by atoms with van der Waals surface area (Å²) in [5.74, 6) is 2.24. The normalized spacial score (nSPS) is 30.6. The molecule has 1 unspecified atom stereocenters. The molecule has 0 N–H and O–H groups in total. The van der Waals surface area contributed by atoms with Crippen LogP contribution in [0.15, 0.2) is 0 Å². The molecule has 0 aromatic heterocycles. The fourth-order valence-electron chi connectivity index (χ4n) is 1.51. The average molecular weight is 252 g/mol. The van der Waals surface area contributed by atoms with Crippen molar-refractivity contribution in [3.63, 3.8) is 0 Å². The van der Waals surface area contributed by atoms with Crippen molar-refractivity contribution in [3.8, 4) is 0 Å². The zero-order chi connectivity index (χ0) is 7.40. The van der Waals surface area contributed by atoms with Crippen molar-refractivity contribution in [3.05, 3.63) is 0 Å². The van der Waals surface area contributed by atoms with Gasteiger partial charge in [-0.15, -0.1) is 0 Å². The molecular formula is C9H17I. The summed E-state index contributed by atoms with van der Waals surface area (Å²) in [5.41, 5.74) is 0. The van der Waals surface area contributed by atoms with E-state index >= 15 is 0 Å². The molecule has 0 saturated heterocycles. The number of unbranched alkanes of at least 4 members (excludes halogenated alkanes) is 2. The Kier molecular flexibility index (Phi) is 4.04. The van der Waals surface area contributed by atoms with Crippen LogP contribution >= 0.6 is 22.6 Å². The van der Waals surface area contributed by atoms with Gasteiger partial charge in [0.25, 0.3) is 0 Å². The lowest BCUT2D eigenvalue weighted by atomic mass is 10.1. The van der Waals surface area contributed by atoms with E-state index in [-0.39, 0.29) is 0 Å². The van der Waals surface area contributed by atoms with Crippen LogP contribution in [0.4, 0.5) is 0 Å². The van der Waals surface area contributed by atoms with Gasteiger partial charge in [0.05, 0.1) is 0 Å². The van der Waals surface area contributed by atoms with Gasteiger partial charge in [-0.25, -0.2) is 0 Å². The maximum Gasteiger partial charge on any atom is 0.00264 e. The molecule has 1 aliphatic carbocycles. The van der Waals surface area contributed by atoms with Crippen molar-refractivity contribution >= 4 is 22.6 Å². The minimum atomic E-state index is 1.11. The lowest BCUT2D eigenvalue weighted by Gasteiger charge is -1.95. The molecule has 1 fully saturated rings. The highest BCUT2D eigenvalue weighted by atomic mass is 127. The summed E-state index contributed by atoms with van der Waals surface area (Å²) in [4.78, 5) is 0. The molecule has 0 aliphatic heterocycles. The second-order valence-electron chi connectivity index (χ2n) is 3.41. The fourth-order valence-corrected chi connectivity index (χ4v) is 2.59. The Hall–Kier alpha value is 0.730. The van der Waals surface area contributed by atoms with Crippen molar-refractivity contribution in [1.82, 2.24) is 0 Å². The first-order valence-electron chi connectivity index (χ1n) is 4.44. The highest BCUT2D eigenvalue weighted by molar-refractivity contribution is 14.1. The van der Waals surface area contributed by atoms with Crippen molar-refractivity contribution in [1.29, 1.82) is 0 Å². The van der Waals surface area contributed by atoms with Gasteiger partial charge < -0.3 is 0 Å². The summed E-state index contributed by atoms with van der Waals surface area (Å²) < 4.78 is 1.40. The zero-order valence-electron chi connectivity index (χ0n) is 6.78. The Balaban J connectivity index is 1.87. The van der Waals surface area contributed by atoms with Crippen LogP contribution in [0.3, 0.4) is 0 Å². The third-order valence-electron chi connectivity index (χ3n) is 2.45. The molecule has 0 bridgehead atoms. The van der Waals surface area contributed by atoms with Gasteiger partial charge in [0.2, 0.25) is 0 Å². The van der Waals surface area contributed by atoms with Crippen molar-refractivity contribution in [2.24, 2.45) is 11.8 Å². The maximum absolute atomic E-state index is 2.52. The number of alkyl halides is 1. The SMILES string of the molecule is CCCCCC1C[C@H]1CI. The smallest absolute Gasteiger partial charge is 0.00264 e. The van der Waals surface area contributed by atoms with Crippen molar-refractivity contribution in [2.45, 2.75) is 39.0 Å². The molecule has 0 aromatic carbocycles. The standard InChI is InChI=1S/C9H17I/c1-2-3-4-5-8-6-9(8)7-10/h8-9H,2-7H2,1H3/t8?,9-/m0/s1. The van der Waals surface area contributed by atoms with E-state index in [1.807, 2.05) is 0 Å². The maximum atomic E-state index is 2.52. The predicted octanol–water partition coefficient (Wildman–Crippen LogP) is 3.64. The molecule has 0 radical (unpaired) electrons. The number of rotatable bonds is 5. The Morgan fingerprint density at radius 3 is 2.60 bits per heavy atom. The summed E-state index contributed by atoms with van der Waals surface area (Å²) in [6, 6.07) is 0. The summed E-state index contributed by atoms with van der Waals surface area (Å²) >= 11 is 2.52. The van der Waals surface area contributed by atoms with Crippen LogP contribution in [-0.2, 0) is 0 Å². The second-order valence-corrected chi connectivity index (χ2v) is 4.29. The average Bonchev–Trinajstić information content (AvgIpc) is 2.68. The lowest BCUT2D eigenvalue weighted by Crippen LogP contribution is -1.83. The number of hydrogen-bond acceptors (Lipinski definition) is 0. The van der Waals surface area contributed by atoms with E-state index in [0.717, 1.165) is 11.8 Å². The van der Waals surface area contributed by atoms with Gasteiger partial charge in [-0.05, 0) is 18.3 Å². The van der Waals surface area contributed by atoms with Crippen LogP contribution in [0, 0.1) is 11.8 Å². The summed E-state index contributed by atoms with van der Waals surface area (Å²) in [6.07, 6.45) is 7.36. The molecule has 0 amide bonds. The van der Waals surface area contributed by atoms with Crippen LogP contribution in [0.25, 0.3) is 0 Å². The van der Waals surface area contributed by atoms with Gasteiger partial charge >= 0.3 is 0 Å². The Bertz CT molecular complexity index is 90.7. The highest BCUT2D eigenvalue weighted by Gasteiger charge is 2.34. The van der Waals surface area contributed by atoms with E-state index in [1.54, 1.807) is 0 Å². The number of halogens is 1. The van der Waals surface area contributed by atoms with Crippen LogP contribution in [0.1, 0.15) is 39.0 Å². The van der Waals surface area contributed by atoms with Gasteiger partial charge in [-0.2, -0.15) is 0 Å². The number of hydrogen-bond donors (Lipinski definition) is 0. The van der Waals surface area contributed by atoms with E-state index in [2.05, 4.69) is 29.5 Å². The predicted molar refractivity (Wildman–Crippen MR) is 54.6 cm³/mol. The van der Waals surface area contributed by atoms with Crippen LogP contribution in [0.2, 0.25) is 0 Å². The molecule has 2 atom stereocenters. The van der Waals surface area contributed by atoms with Gasteiger partial charge in [-0.3, -0.25) is 0 Å². The van der Waals surface area contributed by atoms with Gasteiger partial charge in [0, 0.05) is 4.43 Å². The molecule has 1 heteroatoms. The van der Waals surface area contributed by atoms with E-state index in [4.69, 9.17) is 0 Å². The minimum Gasteiger partial charge on any atom is -0.0861 e. The molecule has 1 aliphatic rings. The lowest BCUT2D eigenvalue weighted by molar-refractivity contribution is 0.598. The van der Waals surface area contributed by atoms with E-state index < -0.39 is 0 Å². The molecule has 0 spiro atoms. The zero-order valence-corrected chi connectivity index (χ0v) is 8.93. The summed E-state index contributed by atoms with van der Waals surface area (Å²) in [6.45, 7) is 2.28. The second kappa shape index (κ2) is 4.58. The molecule has 0 heterocycles. The largest absolute Gasteiger partial charge is 0.0861 e. The fraction of sp³-hybridized carbons (Fsp3) is 1.00. The monoisotopic (exact) mass is 252 g/mol. The molecule has 0 nitrogen and oxygen atoms in total. The topological polar surface area (TPSA) is 0 Å². The van der Waals surface area contributed by atoms with Crippen LogP contribution < -0.4 is 0 Å². The summed E-state index contributed by atoms with van der Waals surface area (Å²) in [5, 5.41) is 0. The van der Waals surface area contributed by atoms with Gasteiger partial charge in [0.1, 0.15) is 0 Å². The van der Waals surface area contributed by atoms with Crippen LogP contribution in [-0.4, -0.2) is 4.43 Å². The third-order valence-corrected chi connectivity index (χ3v) is 3.58. The third kappa shape index (κ3) is 2.77. The minimum absolute atomic E-state index is 1.11. The van der Waals surface area contributed by atoms with Gasteiger partial charge in [0.15, 0.2) is 0 Å². The van der Waals surface area contributed by atoms with Gasteiger partial charge in [-0.1, -0.05) is 55.2 Å². The first kappa shape index (κ1) is 8.82.